The van der Waals surface area contributed by atoms with Crippen molar-refractivity contribution < 1.29 is 27.4 Å². The number of carbonyl (C=O) groups excluding carboxylic acids is 1. The molecule has 1 heterocycles. The van der Waals surface area contributed by atoms with Gasteiger partial charge >= 0.3 is 18.1 Å². The minimum Gasteiger partial charge on any atom is -0.492 e. The van der Waals surface area contributed by atoms with Crippen molar-refractivity contribution in [1.29, 1.82) is 0 Å². The summed E-state index contributed by atoms with van der Waals surface area (Å²) in [6.45, 7) is 10.7. The minimum absolute atomic E-state index is 0.0426. The first-order valence-corrected chi connectivity index (χ1v) is 16.1. The first kappa shape index (κ1) is 33.1. The lowest BCUT2D eigenvalue weighted by Crippen LogP contribution is -2.22. The summed E-state index contributed by atoms with van der Waals surface area (Å²) in [5.41, 5.74) is 1.45. The van der Waals surface area contributed by atoms with Gasteiger partial charge in [-0.05, 0) is 41.2 Å². The largest absolute Gasteiger partial charge is 0.492 e. The standard InChI is InChI=1S/C31H39N7O6S/c1-18(2)17-32-27-35-29(43-7)37-30(36-27)44-25-14-13-22(20-11-9-10-12-21(20)25)33-28(39)34-23-15-19(31(3,4)5)16-24(26(23)42-6)38-45(8,40)41/h9-16,18,38H,17H2,1-8H3,(H2,33,34,39)(H,32,35,36,37). The molecule has 14 heteroatoms. The number of nitrogens with one attached hydrogen (secondary N) is 4. The number of nitrogens with zero attached hydrogens (tertiary/aromatic N) is 3. The van der Waals surface area contributed by atoms with Crippen molar-refractivity contribution in [2.24, 2.45) is 5.92 Å². The highest BCUT2D eigenvalue weighted by Gasteiger charge is 2.22. The van der Waals surface area contributed by atoms with E-state index < -0.39 is 16.1 Å². The molecule has 0 saturated heterocycles. The average Bonchev–Trinajstić information content (AvgIpc) is 2.95. The molecule has 0 radical (unpaired) electrons. The molecule has 240 valence electrons. The van der Waals surface area contributed by atoms with Crippen LogP contribution < -0.4 is 34.9 Å². The molecule has 4 N–H and O–H groups in total. The molecule has 0 bridgehead atoms. The van der Waals surface area contributed by atoms with Crippen LogP contribution in [0.5, 0.6) is 23.5 Å². The van der Waals surface area contributed by atoms with Gasteiger partial charge in [0, 0.05) is 17.3 Å². The molecule has 0 aliphatic heterocycles. The van der Waals surface area contributed by atoms with Crippen LogP contribution in [0.25, 0.3) is 10.8 Å². The molecule has 2 amide bonds. The third kappa shape index (κ3) is 8.62. The van der Waals surface area contributed by atoms with Crippen LogP contribution in [0.15, 0.2) is 48.5 Å². The average molecular weight is 638 g/mol. The van der Waals surface area contributed by atoms with E-state index in [0.29, 0.717) is 46.3 Å². The highest BCUT2D eigenvalue weighted by Crippen LogP contribution is 2.39. The van der Waals surface area contributed by atoms with Gasteiger partial charge in [0.05, 0.1) is 37.5 Å². The van der Waals surface area contributed by atoms with E-state index in [1.165, 1.54) is 14.2 Å². The van der Waals surface area contributed by atoms with Crippen LogP contribution in [0.2, 0.25) is 0 Å². The zero-order valence-electron chi connectivity index (χ0n) is 26.6. The predicted octanol–water partition coefficient (Wildman–Crippen LogP) is 6.22. The maximum absolute atomic E-state index is 13.3. The van der Waals surface area contributed by atoms with Gasteiger partial charge in [0.15, 0.2) is 5.75 Å². The Morgan fingerprint density at radius 2 is 1.51 bits per heavy atom. The molecule has 3 aromatic carbocycles. The van der Waals surface area contributed by atoms with Gasteiger partial charge in [-0.15, -0.1) is 4.98 Å². The maximum atomic E-state index is 13.3. The number of anilines is 4. The fraction of sp³-hybridized carbons (Fsp3) is 0.355. The van der Waals surface area contributed by atoms with E-state index in [0.717, 1.165) is 11.8 Å². The smallest absolute Gasteiger partial charge is 0.330 e. The molecular weight excluding hydrogens is 598 g/mol. The number of benzene rings is 3. The predicted molar refractivity (Wildman–Crippen MR) is 177 cm³/mol. The number of urea groups is 1. The van der Waals surface area contributed by atoms with Crippen molar-refractivity contribution in [1.82, 2.24) is 15.0 Å². The van der Waals surface area contributed by atoms with Crippen molar-refractivity contribution in [3.63, 3.8) is 0 Å². The molecule has 1 aromatic heterocycles. The summed E-state index contributed by atoms with van der Waals surface area (Å²) in [7, 11) is -0.757. The molecule has 0 atom stereocenters. The number of hydrogen-bond acceptors (Lipinski definition) is 10. The Labute approximate surface area is 263 Å². The van der Waals surface area contributed by atoms with Crippen LogP contribution in [0.4, 0.5) is 27.8 Å². The Morgan fingerprint density at radius 3 is 2.13 bits per heavy atom. The van der Waals surface area contributed by atoms with Gasteiger partial charge in [0.1, 0.15) is 5.75 Å². The molecule has 0 saturated carbocycles. The number of amides is 2. The molecule has 0 aliphatic carbocycles. The lowest BCUT2D eigenvalue weighted by atomic mass is 9.86. The lowest BCUT2D eigenvalue weighted by Gasteiger charge is -2.24. The van der Waals surface area contributed by atoms with E-state index in [1.807, 2.05) is 45.0 Å². The van der Waals surface area contributed by atoms with Crippen LogP contribution in [0.3, 0.4) is 0 Å². The Kier molecular flexibility index (Phi) is 9.86. The summed E-state index contributed by atoms with van der Waals surface area (Å²) in [5.74, 6) is 1.32. The first-order valence-electron chi connectivity index (χ1n) is 14.2. The Morgan fingerprint density at radius 1 is 0.867 bits per heavy atom. The van der Waals surface area contributed by atoms with E-state index in [2.05, 4.69) is 49.5 Å². The molecule has 0 aliphatic rings. The summed E-state index contributed by atoms with van der Waals surface area (Å²) in [5, 5.41) is 10.2. The van der Waals surface area contributed by atoms with Gasteiger partial charge in [0.25, 0.3) is 0 Å². The van der Waals surface area contributed by atoms with Gasteiger partial charge in [-0.1, -0.05) is 58.9 Å². The summed E-state index contributed by atoms with van der Waals surface area (Å²) in [6.07, 6.45) is 1.05. The third-order valence-corrected chi connectivity index (χ3v) is 7.07. The second-order valence-corrected chi connectivity index (χ2v) is 13.5. The molecule has 0 spiro atoms. The molecule has 4 aromatic rings. The number of carbonyl (C=O) groups is 1. The normalized spacial score (nSPS) is 11.7. The number of hydrogen-bond donors (Lipinski definition) is 4. The van der Waals surface area contributed by atoms with Crippen molar-refractivity contribution >= 4 is 49.8 Å². The van der Waals surface area contributed by atoms with E-state index >= 15 is 0 Å². The monoisotopic (exact) mass is 637 g/mol. The summed E-state index contributed by atoms with van der Waals surface area (Å²) in [6, 6.07) is 13.8. The van der Waals surface area contributed by atoms with Crippen LogP contribution in [-0.2, 0) is 15.4 Å². The summed E-state index contributed by atoms with van der Waals surface area (Å²) in [4.78, 5) is 26.2. The number of sulfonamides is 1. The van der Waals surface area contributed by atoms with E-state index in [4.69, 9.17) is 14.2 Å². The zero-order chi connectivity index (χ0) is 32.9. The number of fused-ring (bicyclic) bond motifs is 1. The number of methoxy groups -OCH3 is 2. The second kappa shape index (κ2) is 13.4. The van der Waals surface area contributed by atoms with Gasteiger partial charge in [-0.25, -0.2) is 13.2 Å². The summed E-state index contributed by atoms with van der Waals surface area (Å²) >= 11 is 0. The van der Waals surface area contributed by atoms with Gasteiger partial charge < -0.3 is 30.2 Å². The van der Waals surface area contributed by atoms with Gasteiger partial charge in [-0.3, -0.25) is 4.72 Å². The topological polar surface area (TPSA) is 166 Å². The van der Waals surface area contributed by atoms with Crippen molar-refractivity contribution in [3.05, 3.63) is 54.1 Å². The Hall–Kier alpha value is -4.85. The molecular formula is C31H39N7O6S. The lowest BCUT2D eigenvalue weighted by molar-refractivity contribution is 0.262. The van der Waals surface area contributed by atoms with E-state index in [1.54, 1.807) is 24.3 Å². The minimum atomic E-state index is -3.62. The number of rotatable bonds is 11. The highest BCUT2D eigenvalue weighted by molar-refractivity contribution is 7.92. The first-order chi connectivity index (χ1) is 21.2. The Bertz CT molecular complexity index is 1810. The molecule has 13 nitrogen and oxygen atoms in total. The summed E-state index contributed by atoms with van der Waals surface area (Å²) < 4.78 is 43.5. The third-order valence-electron chi connectivity index (χ3n) is 6.48. The fourth-order valence-electron chi connectivity index (χ4n) is 4.34. The van der Waals surface area contributed by atoms with Crippen LogP contribution in [0.1, 0.15) is 40.2 Å². The van der Waals surface area contributed by atoms with Crippen molar-refractivity contribution in [2.75, 3.05) is 47.7 Å². The molecule has 4 rings (SSSR count). The molecule has 0 unspecified atom stereocenters. The SMILES string of the molecule is COc1nc(NCC(C)C)nc(Oc2ccc(NC(=O)Nc3cc(C(C)(C)C)cc(NS(C)(=O)=O)c3OC)c3ccccc23)n1. The zero-order valence-corrected chi connectivity index (χ0v) is 27.4. The van der Waals surface area contributed by atoms with Crippen molar-refractivity contribution in [2.45, 2.75) is 40.0 Å². The quantitative estimate of drug-likeness (QED) is 0.148. The van der Waals surface area contributed by atoms with Gasteiger partial charge in [-0.2, -0.15) is 9.97 Å². The molecule has 45 heavy (non-hydrogen) atoms. The van der Waals surface area contributed by atoms with E-state index in [-0.39, 0.29) is 28.9 Å². The maximum Gasteiger partial charge on any atom is 0.330 e. The van der Waals surface area contributed by atoms with Crippen LogP contribution in [-0.4, -0.2) is 56.4 Å². The van der Waals surface area contributed by atoms with Gasteiger partial charge in [0.2, 0.25) is 16.0 Å². The van der Waals surface area contributed by atoms with Crippen molar-refractivity contribution in [3.8, 4) is 23.5 Å². The fourth-order valence-corrected chi connectivity index (χ4v) is 4.89. The second-order valence-electron chi connectivity index (χ2n) is 11.8. The van der Waals surface area contributed by atoms with Crippen LogP contribution >= 0.6 is 0 Å². The van der Waals surface area contributed by atoms with E-state index in [9.17, 15) is 13.2 Å². The molecule has 0 fully saturated rings. The number of aromatic nitrogens is 3. The number of ether oxygens (including phenoxy) is 3. The van der Waals surface area contributed by atoms with Crippen LogP contribution in [0, 0.1) is 5.92 Å². The highest BCUT2D eigenvalue weighted by atomic mass is 32.2. The Balaban J connectivity index is 1.64.